The van der Waals surface area contributed by atoms with Gasteiger partial charge in [0, 0.05) is 11.1 Å². The molecule has 0 radical (unpaired) electrons. The van der Waals surface area contributed by atoms with E-state index in [-0.39, 0.29) is 6.61 Å². The first-order valence-corrected chi connectivity index (χ1v) is 7.03. The van der Waals surface area contributed by atoms with Crippen LogP contribution in [0.1, 0.15) is 18.1 Å². The summed E-state index contributed by atoms with van der Waals surface area (Å²) in [6.45, 7) is 2.51. The van der Waals surface area contributed by atoms with Crippen molar-refractivity contribution >= 4 is 17.8 Å². The number of ether oxygens (including phenoxy) is 2. The van der Waals surface area contributed by atoms with Gasteiger partial charge in [-0.15, -0.1) is 0 Å². The molecule has 0 unspecified atom stereocenters. The molecule has 22 heavy (non-hydrogen) atoms. The normalized spacial score (nSPS) is 10.9. The molecular weight excluding hydrogens is 309 g/mol. The minimum absolute atomic E-state index is 0.187. The first kappa shape index (κ1) is 16.1. The SMILES string of the molecule is CCOc1cc(C=NO)ccc1OCc1ccc(F)cc1Cl. The minimum atomic E-state index is -0.392. The van der Waals surface area contributed by atoms with E-state index in [9.17, 15) is 4.39 Å². The van der Waals surface area contributed by atoms with E-state index in [0.717, 1.165) is 0 Å². The van der Waals surface area contributed by atoms with Crippen LogP contribution in [-0.4, -0.2) is 18.0 Å². The Kier molecular flexibility index (Phi) is 5.61. The molecule has 2 rings (SSSR count). The molecule has 1 N–H and O–H groups in total. The molecule has 6 heteroatoms. The van der Waals surface area contributed by atoms with Crippen molar-refractivity contribution in [2.75, 3.05) is 6.61 Å². The molecule has 116 valence electrons. The standard InChI is InChI=1S/C16H15ClFNO3/c1-2-21-16-7-11(9-19-20)3-6-15(16)22-10-12-4-5-13(18)8-14(12)17/h3-9,20H,2,10H2,1H3. The third-order valence-electron chi connectivity index (χ3n) is 2.87. The molecule has 0 atom stereocenters. The van der Waals surface area contributed by atoms with Gasteiger partial charge in [0.2, 0.25) is 0 Å². The van der Waals surface area contributed by atoms with Crippen LogP contribution in [0.15, 0.2) is 41.6 Å². The summed E-state index contributed by atoms with van der Waals surface area (Å²) in [5.41, 5.74) is 1.35. The summed E-state index contributed by atoms with van der Waals surface area (Å²) in [6.07, 6.45) is 1.29. The van der Waals surface area contributed by atoms with Gasteiger partial charge in [0.15, 0.2) is 11.5 Å². The monoisotopic (exact) mass is 323 g/mol. The second-order valence-electron chi connectivity index (χ2n) is 4.41. The maximum absolute atomic E-state index is 13.0. The zero-order valence-corrected chi connectivity index (χ0v) is 12.7. The van der Waals surface area contributed by atoms with Gasteiger partial charge < -0.3 is 14.7 Å². The molecular formula is C16H15ClFNO3. The molecule has 0 saturated heterocycles. The van der Waals surface area contributed by atoms with Crippen molar-refractivity contribution < 1.29 is 19.1 Å². The topological polar surface area (TPSA) is 51.0 Å². The molecule has 0 aliphatic rings. The largest absolute Gasteiger partial charge is 0.490 e. The molecule has 0 saturated carbocycles. The number of rotatable bonds is 6. The average molecular weight is 324 g/mol. The molecule has 2 aromatic rings. The van der Waals surface area contributed by atoms with E-state index < -0.39 is 5.82 Å². The summed E-state index contributed by atoms with van der Waals surface area (Å²) in [7, 11) is 0. The fraction of sp³-hybridized carbons (Fsp3) is 0.188. The van der Waals surface area contributed by atoms with Crippen LogP contribution in [0.3, 0.4) is 0 Å². The van der Waals surface area contributed by atoms with Gasteiger partial charge in [-0.1, -0.05) is 22.8 Å². The van der Waals surface area contributed by atoms with Crippen LogP contribution in [0.25, 0.3) is 0 Å². The highest BCUT2D eigenvalue weighted by Crippen LogP contribution is 2.29. The van der Waals surface area contributed by atoms with Crippen molar-refractivity contribution in [3.8, 4) is 11.5 Å². The molecule has 0 aromatic heterocycles. The molecule has 0 amide bonds. The summed E-state index contributed by atoms with van der Waals surface area (Å²) in [5, 5.41) is 11.9. The molecule has 0 fully saturated rings. The van der Waals surface area contributed by atoms with Gasteiger partial charge in [0.05, 0.1) is 17.8 Å². The van der Waals surface area contributed by atoms with E-state index in [1.54, 1.807) is 24.3 Å². The zero-order chi connectivity index (χ0) is 15.9. The van der Waals surface area contributed by atoms with Gasteiger partial charge in [-0.25, -0.2) is 4.39 Å². The zero-order valence-electron chi connectivity index (χ0n) is 11.9. The van der Waals surface area contributed by atoms with Crippen LogP contribution in [-0.2, 0) is 6.61 Å². The highest BCUT2D eigenvalue weighted by Gasteiger charge is 2.08. The summed E-state index contributed by atoms with van der Waals surface area (Å²) in [5.74, 6) is 0.659. The van der Waals surface area contributed by atoms with Crippen LogP contribution >= 0.6 is 11.6 Å². The number of hydrogen-bond donors (Lipinski definition) is 1. The molecule has 0 bridgehead atoms. The van der Waals surface area contributed by atoms with E-state index in [1.807, 2.05) is 6.92 Å². The fourth-order valence-electron chi connectivity index (χ4n) is 1.85. The van der Waals surface area contributed by atoms with Crippen molar-refractivity contribution in [1.82, 2.24) is 0 Å². The number of halogens is 2. The Morgan fingerprint density at radius 2 is 2.00 bits per heavy atom. The Bertz CT molecular complexity index is 676. The average Bonchev–Trinajstić information content (AvgIpc) is 2.49. The van der Waals surface area contributed by atoms with E-state index in [1.165, 1.54) is 18.3 Å². The third kappa shape index (κ3) is 4.11. The van der Waals surface area contributed by atoms with Crippen LogP contribution in [0, 0.1) is 5.82 Å². The quantitative estimate of drug-likeness (QED) is 0.491. The molecule has 2 aromatic carbocycles. The Morgan fingerprint density at radius 3 is 2.68 bits per heavy atom. The molecule has 0 heterocycles. The van der Waals surface area contributed by atoms with Crippen LogP contribution in [0.4, 0.5) is 4.39 Å². The smallest absolute Gasteiger partial charge is 0.161 e. The van der Waals surface area contributed by atoms with Crippen molar-refractivity contribution in [2.24, 2.45) is 5.16 Å². The van der Waals surface area contributed by atoms with Crippen molar-refractivity contribution in [1.29, 1.82) is 0 Å². The maximum Gasteiger partial charge on any atom is 0.161 e. The number of benzene rings is 2. The Labute approximate surface area is 132 Å². The van der Waals surface area contributed by atoms with Crippen LogP contribution in [0.2, 0.25) is 5.02 Å². The summed E-state index contributed by atoms with van der Waals surface area (Å²) >= 11 is 5.97. The van der Waals surface area contributed by atoms with Gasteiger partial charge >= 0.3 is 0 Å². The minimum Gasteiger partial charge on any atom is -0.490 e. The second-order valence-corrected chi connectivity index (χ2v) is 4.82. The second kappa shape index (κ2) is 7.66. The molecule has 4 nitrogen and oxygen atoms in total. The molecule has 0 aliphatic heterocycles. The summed E-state index contributed by atoms with van der Waals surface area (Å²) < 4.78 is 24.2. The first-order chi connectivity index (χ1) is 10.6. The van der Waals surface area contributed by atoms with Crippen LogP contribution in [0.5, 0.6) is 11.5 Å². The maximum atomic E-state index is 13.0. The van der Waals surface area contributed by atoms with Crippen molar-refractivity contribution in [3.63, 3.8) is 0 Å². The van der Waals surface area contributed by atoms with Gasteiger partial charge in [-0.3, -0.25) is 0 Å². The van der Waals surface area contributed by atoms with Gasteiger partial charge in [0.1, 0.15) is 12.4 Å². The third-order valence-corrected chi connectivity index (χ3v) is 3.22. The van der Waals surface area contributed by atoms with E-state index in [4.69, 9.17) is 26.3 Å². The fourth-order valence-corrected chi connectivity index (χ4v) is 2.08. The van der Waals surface area contributed by atoms with Gasteiger partial charge in [0.25, 0.3) is 0 Å². The van der Waals surface area contributed by atoms with Crippen LogP contribution < -0.4 is 9.47 Å². The lowest BCUT2D eigenvalue weighted by atomic mass is 10.2. The molecule has 0 aliphatic carbocycles. The lowest BCUT2D eigenvalue weighted by Gasteiger charge is -2.13. The van der Waals surface area contributed by atoms with Gasteiger partial charge in [-0.05, 0) is 37.3 Å². The van der Waals surface area contributed by atoms with E-state index in [2.05, 4.69) is 5.16 Å². The lowest BCUT2D eigenvalue weighted by molar-refractivity contribution is 0.269. The number of nitrogens with zero attached hydrogens (tertiary/aromatic N) is 1. The summed E-state index contributed by atoms with van der Waals surface area (Å²) in [6, 6.07) is 9.28. The summed E-state index contributed by atoms with van der Waals surface area (Å²) in [4.78, 5) is 0. The first-order valence-electron chi connectivity index (χ1n) is 6.65. The number of hydrogen-bond acceptors (Lipinski definition) is 4. The highest BCUT2D eigenvalue weighted by atomic mass is 35.5. The predicted molar refractivity (Wildman–Crippen MR) is 82.7 cm³/mol. The Morgan fingerprint density at radius 1 is 1.18 bits per heavy atom. The lowest BCUT2D eigenvalue weighted by Crippen LogP contribution is -2.01. The Hall–Kier alpha value is -2.27. The Balaban J connectivity index is 2.17. The number of oxime groups is 1. The van der Waals surface area contributed by atoms with Crippen molar-refractivity contribution in [2.45, 2.75) is 13.5 Å². The highest BCUT2D eigenvalue weighted by molar-refractivity contribution is 6.31. The molecule has 0 spiro atoms. The predicted octanol–water partition coefficient (Wildman–Crippen LogP) is 4.26. The van der Waals surface area contributed by atoms with E-state index in [0.29, 0.717) is 34.3 Å². The van der Waals surface area contributed by atoms with Crippen molar-refractivity contribution in [3.05, 3.63) is 58.4 Å². The van der Waals surface area contributed by atoms with Gasteiger partial charge in [-0.2, -0.15) is 0 Å². The van der Waals surface area contributed by atoms with E-state index >= 15 is 0 Å².